The largest absolute Gasteiger partial charge is 0.488 e. The van der Waals surface area contributed by atoms with E-state index in [0.717, 1.165) is 5.56 Å². The number of ether oxygens (including phenoxy) is 1. The minimum absolute atomic E-state index is 0.332. The standard InChI is InChI=1S/C17H12ClNO3/c18-15-6-7-16(22-11-12-4-2-1-3-5-12)13(9-15)8-14(10-19)17(20)21/h1-9H,11H2,(H,20,21). The van der Waals surface area contributed by atoms with Gasteiger partial charge in [-0.1, -0.05) is 41.9 Å². The van der Waals surface area contributed by atoms with E-state index < -0.39 is 5.97 Å². The fourth-order valence-corrected chi connectivity index (χ4v) is 1.98. The molecule has 2 aromatic rings. The third-order valence-corrected chi connectivity index (χ3v) is 3.09. The summed E-state index contributed by atoms with van der Waals surface area (Å²) < 4.78 is 5.70. The van der Waals surface area contributed by atoms with Gasteiger partial charge < -0.3 is 9.84 Å². The van der Waals surface area contributed by atoms with Gasteiger partial charge in [-0.3, -0.25) is 0 Å². The molecule has 0 aromatic heterocycles. The van der Waals surface area contributed by atoms with Crippen LogP contribution in [0.5, 0.6) is 5.75 Å². The van der Waals surface area contributed by atoms with E-state index in [4.69, 9.17) is 26.7 Å². The van der Waals surface area contributed by atoms with Crippen molar-refractivity contribution in [1.82, 2.24) is 0 Å². The van der Waals surface area contributed by atoms with E-state index in [1.54, 1.807) is 24.3 Å². The molecular formula is C17H12ClNO3. The van der Waals surface area contributed by atoms with Crippen molar-refractivity contribution < 1.29 is 14.6 Å². The Hall–Kier alpha value is -2.77. The Bertz CT molecular complexity index is 748. The van der Waals surface area contributed by atoms with Gasteiger partial charge >= 0.3 is 5.97 Å². The molecule has 110 valence electrons. The van der Waals surface area contributed by atoms with Gasteiger partial charge in [0.15, 0.2) is 0 Å². The summed E-state index contributed by atoms with van der Waals surface area (Å²) in [4.78, 5) is 10.9. The zero-order chi connectivity index (χ0) is 15.9. The minimum atomic E-state index is -1.29. The molecule has 0 unspecified atom stereocenters. The number of nitrogens with zero attached hydrogens (tertiary/aromatic N) is 1. The highest BCUT2D eigenvalue weighted by Crippen LogP contribution is 2.26. The summed E-state index contributed by atoms with van der Waals surface area (Å²) in [6, 6.07) is 16.0. The molecule has 1 N–H and O–H groups in total. The molecular weight excluding hydrogens is 302 g/mol. The molecule has 2 rings (SSSR count). The normalized spacial score (nSPS) is 10.8. The Morgan fingerprint density at radius 2 is 2.00 bits per heavy atom. The molecule has 0 saturated heterocycles. The molecule has 0 bridgehead atoms. The molecule has 0 aliphatic rings. The zero-order valence-corrected chi connectivity index (χ0v) is 12.2. The number of hydrogen-bond acceptors (Lipinski definition) is 3. The number of halogens is 1. The number of aliphatic carboxylic acids is 1. The van der Waals surface area contributed by atoms with Crippen LogP contribution < -0.4 is 4.74 Å². The monoisotopic (exact) mass is 313 g/mol. The van der Waals surface area contributed by atoms with Crippen molar-refractivity contribution in [3.63, 3.8) is 0 Å². The summed E-state index contributed by atoms with van der Waals surface area (Å²) in [5.41, 5.74) is 1.04. The van der Waals surface area contributed by atoms with Gasteiger partial charge in [-0.15, -0.1) is 0 Å². The topological polar surface area (TPSA) is 70.3 Å². The lowest BCUT2D eigenvalue weighted by Gasteiger charge is -2.10. The molecule has 0 aliphatic carbocycles. The van der Waals surface area contributed by atoms with Crippen LogP contribution in [0.25, 0.3) is 6.08 Å². The van der Waals surface area contributed by atoms with E-state index >= 15 is 0 Å². The molecule has 0 saturated carbocycles. The number of benzene rings is 2. The number of nitriles is 1. The van der Waals surface area contributed by atoms with E-state index in [0.29, 0.717) is 22.9 Å². The summed E-state index contributed by atoms with van der Waals surface area (Å²) in [5, 5.41) is 18.2. The van der Waals surface area contributed by atoms with Crippen LogP contribution in [0.15, 0.2) is 54.1 Å². The van der Waals surface area contributed by atoms with Gasteiger partial charge in [0.1, 0.15) is 24.0 Å². The van der Waals surface area contributed by atoms with Crippen molar-refractivity contribution in [2.24, 2.45) is 0 Å². The maximum atomic E-state index is 10.9. The quantitative estimate of drug-likeness (QED) is 0.671. The van der Waals surface area contributed by atoms with Crippen LogP contribution in [0.2, 0.25) is 5.02 Å². The van der Waals surface area contributed by atoms with Crippen LogP contribution in [-0.2, 0) is 11.4 Å². The van der Waals surface area contributed by atoms with Crippen molar-refractivity contribution in [2.45, 2.75) is 6.61 Å². The van der Waals surface area contributed by atoms with Gasteiger partial charge in [0.2, 0.25) is 0 Å². The van der Waals surface area contributed by atoms with Crippen LogP contribution in [-0.4, -0.2) is 11.1 Å². The first-order valence-corrected chi connectivity index (χ1v) is 6.79. The highest BCUT2D eigenvalue weighted by Gasteiger charge is 2.10. The second-order valence-corrected chi connectivity index (χ2v) is 4.87. The fourth-order valence-electron chi connectivity index (χ4n) is 1.80. The van der Waals surface area contributed by atoms with E-state index in [1.165, 1.54) is 6.08 Å². The lowest BCUT2D eigenvalue weighted by molar-refractivity contribution is -0.132. The van der Waals surface area contributed by atoms with Crippen LogP contribution in [0.3, 0.4) is 0 Å². The first-order valence-electron chi connectivity index (χ1n) is 6.41. The average molecular weight is 314 g/mol. The smallest absolute Gasteiger partial charge is 0.346 e. The van der Waals surface area contributed by atoms with E-state index in [1.807, 2.05) is 30.3 Å². The first kappa shape index (κ1) is 15.6. The Labute approximate surface area is 132 Å². The predicted molar refractivity (Wildman–Crippen MR) is 83.5 cm³/mol. The van der Waals surface area contributed by atoms with Crippen LogP contribution in [0.1, 0.15) is 11.1 Å². The van der Waals surface area contributed by atoms with Crippen molar-refractivity contribution in [1.29, 1.82) is 5.26 Å². The Kier molecular flexibility index (Phi) is 5.18. The van der Waals surface area contributed by atoms with Crippen molar-refractivity contribution in [3.8, 4) is 11.8 Å². The highest BCUT2D eigenvalue weighted by atomic mass is 35.5. The van der Waals surface area contributed by atoms with E-state index in [9.17, 15) is 4.79 Å². The average Bonchev–Trinajstić information content (AvgIpc) is 2.52. The second kappa shape index (κ2) is 7.30. The number of hydrogen-bond donors (Lipinski definition) is 1. The van der Waals surface area contributed by atoms with Gasteiger partial charge in [0.05, 0.1) is 0 Å². The minimum Gasteiger partial charge on any atom is -0.488 e. The molecule has 0 spiro atoms. The molecule has 5 heteroatoms. The number of carboxylic acid groups (broad SMARTS) is 1. The lowest BCUT2D eigenvalue weighted by atomic mass is 10.1. The van der Waals surface area contributed by atoms with Gasteiger partial charge in [-0.05, 0) is 29.8 Å². The van der Waals surface area contributed by atoms with Crippen LogP contribution in [0, 0.1) is 11.3 Å². The van der Waals surface area contributed by atoms with Gasteiger partial charge in [-0.25, -0.2) is 4.79 Å². The SMILES string of the molecule is N#CC(=Cc1cc(Cl)ccc1OCc1ccccc1)C(=O)O. The first-order chi connectivity index (χ1) is 10.6. The summed E-state index contributed by atoms with van der Waals surface area (Å²) in [7, 11) is 0. The second-order valence-electron chi connectivity index (χ2n) is 4.43. The number of rotatable bonds is 5. The third kappa shape index (κ3) is 4.11. The summed E-state index contributed by atoms with van der Waals surface area (Å²) in [5.74, 6) is -0.835. The maximum absolute atomic E-state index is 10.9. The molecule has 0 atom stereocenters. The zero-order valence-electron chi connectivity index (χ0n) is 11.5. The fraction of sp³-hybridized carbons (Fsp3) is 0.0588. The third-order valence-electron chi connectivity index (χ3n) is 2.86. The molecule has 2 aromatic carbocycles. The number of carboxylic acids is 1. The molecule has 0 heterocycles. The summed E-state index contributed by atoms with van der Waals surface area (Å²) >= 11 is 5.93. The lowest BCUT2D eigenvalue weighted by Crippen LogP contribution is -2.00. The van der Waals surface area contributed by atoms with Gasteiger partial charge in [-0.2, -0.15) is 5.26 Å². The molecule has 4 nitrogen and oxygen atoms in total. The van der Waals surface area contributed by atoms with Gasteiger partial charge in [0.25, 0.3) is 0 Å². The molecule has 22 heavy (non-hydrogen) atoms. The summed E-state index contributed by atoms with van der Waals surface area (Å²) in [6.07, 6.45) is 1.24. The van der Waals surface area contributed by atoms with Crippen LogP contribution in [0.4, 0.5) is 0 Å². The molecule has 0 amide bonds. The Morgan fingerprint density at radius 3 is 2.64 bits per heavy atom. The summed E-state index contributed by atoms with van der Waals surface area (Å²) in [6.45, 7) is 0.332. The van der Waals surface area contributed by atoms with Gasteiger partial charge in [0, 0.05) is 10.6 Å². The highest BCUT2D eigenvalue weighted by molar-refractivity contribution is 6.30. The van der Waals surface area contributed by atoms with Crippen molar-refractivity contribution >= 4 is 23.6 Å². The predicted octanol–water partition coefficient (Wildman–Crippen LogP) is 3.91. The Balaban J connectivity index is 2.28. The van der Waals surface area contributed by atoms with Crippen LogP contribution >= 0.6 is 11.6 Å². The number of carbonyl (C=O) groups is 1. The maximum Gasteiger partial charge on any atom is 0.346 e. The van der Waals surface area contributed by atoms with E-state index in [-0.39, 0.29) is 5.57 Å². The van der Waals surface area contributed by atoms with Crippen molar-refractivity contribution in [2.75, 3.05) is 0 Å². The molecule has 0 fully saturated rings. The van der Waals surface area contributed by atoms with Crippen molar-refractivity contribution in [3.05, 3.63) is 70.3 Å². The van der Waals surface area contributed by atoms with E-state index in [2.05, 4.69) is 0 Å². The molecule has 0 radical (unpaired) electrons. The Morgan fingerprint density at radius 1 is 1.27 bits per heavy atom. The molecule has 0 aliphatic heterocycles.